The number of allylic oxidation sites excluding steroid dienone is 1. The van der Waals surface area contributed by atoms with Crippen molar-refractivity contribution in [1.29, 1.82) is 0 Å². The number of aliphatic imine (C=N–C) groups is 1. The van der Waals surface area contributed by atoms with E-state index in [1.165, 1.54) is 31.4 Å². The van der Waals surface area contributed by atoms with Gasteiger partial charge in [0, 0.05) is 22.4 Å². The predicted octanol–water partition coefficient (Wildman–Crippen LogP) is 4.80. The molecule has 0 atom stereocenters. The van der Waals surface area contributed by atoms with Gasteiger partial charge in [0.1, 0.15) is 5.75 Å². The molecule has 114 valence electrons. The minimum atomic E-state index is 0.911. The number of amidine groups is 1. The molecule has 0 fully saturated rings. The van der Waals surface area contributed by atoms with E-state index in [2.05, 4.69) is 40.4 Å². The van der Waals surface area contributed by atoms with Crippen LogP contribution in [0.1, 0.15) is 25.3 Å². The second-order valence-electron chi connectivity index (χ2n) is 5.42. The molecule has 0 N–H and O–H groups in total. The van der Waals surface area contributed by atoms with Gasteiger partial charge in [-0.3, -0.25) is 4.99 Å². The summed E-state index contributed by atoms with van der Waals surface area (Å²) >= 11 is 3.61. The van der Waals surface area contributed by atoms with Crippen LogP contribution < -0.4 is 4.74 Å². The Bertz CT molecular complexity index is 791. The number of methoxy groups -OCH3 is 1. The predicted molar refractivity (Wildman–Crippen MR) is 96.8 cm³/mol. The number of hydrogen-bond acceptors (Lipinski definition) is 5. The number of ether oxygens (including phenoxy) is 1. The summed E-state index contributed by atoms with van der Waals surface area (Å²) in [6, 6.07) is 6.52. The first-order valence-corrected chi connectivity index (χ1v) is 9.30. The highest BCUT2D eigenvalue weighted by Gasteiger charge is 2.33. The van der Waals surface area contributed by atoms with Crippen LogP contribution in [-0.4, -0.2) is 30.3 Å². The minimum absolute atomic E-state index is 0.911. The Balaban J connectivity index is 1.91. The summed E-state index contributed by atoms with van der Waals surface area (Å²) in [7, 11) is 1.74. The summed E-state index contributed by atoms with van der Waals surface area (Å²) in [5.41, 5.74) is 2.69. The molecule has 0 spiro atoms. The molecule has 22 heavy (non-hydrogen) atoms. The molecule has 0 amide bonds. The van der Waals surface area contributed by atoms with Crippen molar-refractivity contribution in [3.63, 3.8) is 0 Å². The molecule has 2 aromatic rings. The molecule has 2 aliphatic rings. The Morgan fingerprint density at radius 2 is 2.23 bits per heavy atom. The maximum Gasteiger partial charge on any atom is 0.168 e. The van der Waals surface area contributed by atoms with Crippen molar-refractivity contribution in [1.82, 2.24) is 4.90 Å². The van der Waals surface area contributed by atoms with E-state index in [9.17, 15) is 0 Å². The van der Waals surface area contributed by atoms with E-state index in [4.69, 9.17) is 4.74 Å². The summed E-state index contributed by atoms with van der Waals surface area (Å²) < 4.78 is 6.75. The van der Waals surface area contributed by atoms with Crippen molar-refractivity contribution in [2.45, 2.75) is 19.8 Å². The Morgan fingerprint density at radius 1 is 1.32 bits per heavy atom. The van der Waals surface area contributed by atoms with Gasteiger partial charge in [-0.2, -0.15) is 0 Å². The van der Waals surface area contributed by atoms with Gasteiger partial charge >= 0.3 is 0 Å². The van der Waals surface area contributed by atoms with Gasteiger partial charge in [0.25, 0.3) is 0 Å². The van der Waals surface area contributed by atoms with Crippen molar-refractivity contribution in [3.05, 3.63) is 34.0 Å². The first-order chi connectivity index (χ1) is 10.8. The van der Waals surface area contributed by atoms with Crippen LogP contribution in [0.2, 0.25) is 0 Å². The molecule has 5 heteroatoms. The fourth-order valence-corrected chi connectivity index (χ4v) is 5.33. The molecular weight excluding hydrogens is 312 g/mol. The lowest BCUT2D eigenvalue weighted by molar-refractivity contribution is 0.420. The van der Waals surface area contributed by atoms with E-state index in [-0.39, 0.29) is 0 Å². The normalized spacial score (nSPS) is 17.4. The van der Waals surface area contributed by atoms with Crippen molar-refractivity contribution in [2.75, 3.05) is 20.2 Å². The number of benzene rings is 1. The monoisotopic (exact) mass is 330 g/mol. The Labute approximate surface area is 138 Å². The van der Waals surface area contributed by atoms with E-state index < -0.39 is 0 Å². The number of thiophene rings is 1. The molecule has 0 saturated heterocycles. The van der Waals surface area contributed by atoms with Crippen molar-refractivity contribution < 1.29 is 4.74 Å². The molecule has 1 aromatic heterocycles. The van der Waals surface area contributed by atoms with Gasteiger partial charge in [0.05, 0.1) is 24.1 Å². The van der Waals surface area contributed by atoms with Crippen LogP contribution in [0.4, 0.5) is 0 Å². The lowest BCUT2D eigenvalue weighted by atomic mass is 10.0. The fourth-order valence-electron chi connectivity index (χ4n) is 3.13. The molecule has 3 nitrogen and oxygen atoms in total. The standard InChI is InChI=1S/C17H18N2OS2/c1-3-4-14-15(19-9-8-18-17(19)22-14)11-5-6-13(20-2)16-12(11)7-10-21-16/h5-7,10H,3-4,8-9H2,1-2H3. The van der Waals surface area contributed by atoms with Gasteiger partial charge in [-0.25, -0.2) is 0 Å². The third kappa shape index (κ3) is 2.07. The minimum Gasteiger partial charge on any atom is -0.495 e. The summed E-state index contributed by atoms with van der Waals surface area (Å²) in [6.45, 7) is 4.15. The van der Waals surface area contributed by atoms with E-state index in [1.54, 1.807) is 18.4 Å². The van der Waals surface area contributed by atoms with Gasteiger partial charge in [0.15, 0.2) is 5.17 Å². The molecule has 0 saturated carbocycles. The van der Waals surface area contributed by atoms with Crippen LogP contribution in [0, 0.1) is 0 Å². The second kappa shape index (κ2) is 5.63. The summed E-state index contributed by atoms with van der Waals surface area (Å²) in [5.74, 6) is 0.965. The molecule has 1 aromatic carbocycles. The first kappa shape index (κ1) is 14.2. The zero-order valence-electron chi connectivity index (χ0n) is 12.8. The lowest BCUT2D eigenvalue weighted by Crippen LogP contribution is -2.20. The van der Waals surface area contributed by atoms with Crippen LogP contribution in [0.25, 0.3) is 15.8 Å². The molecule has 0 unspecified atom stereocenters. The smallest absolute Gasteiger partial charge is 0.168 e. The third-order valence-electron chi connectivity index (χ3n) is 4.08. The average Bonchev–Trinajstić information content (AvgIpc) is 3.21. The van der Waals surface area contributed by atoms with Crippen LogP contribution in [0.5, 0.6) is 5.75 Å². The maximum absolute atomic E-state index is 5.52. The Morgan fingerprint density at radius 3 is 3.05 bits per heavy atom. The van der Waals surface area contributed by atoms with Gasteiger partial charge in [0.2, 0.25) is 0 Å². The second-order valence-corrected chi connectivity index (χ2v) is 7.40. The zero-order valence-corrected chi connectivity index (χ0v) is 14.4. The maximum atomic E-state index is 5.52. The molecule has 0 bridgehead atoms. The number of nitrogens with zero attached hydrogens (tertiary/aromatic N) is 2. The van der Waals surface area contributed by atoms with Crippen LogP contribution >= 0.6 is 23.1 Å². The summed E-state index contributed by atoms with van der Waals surface area (Å²) in [6.07, 6.45) is 2.28. The lowest BCUT2D eigenvalue weighted by Gasteiger charge is -2.19. The highest BCUT2D eigenvalue weighted by molar-refractivity contribution is 8.17. The van der Waals surface area contributed by atoms with Crippen LogP contribution in [0.3, 0.4) is 0 Å². The highest BCUT2D eigenvalue weighted by Crippen LogP contribution is 2.46. The van der Waals surface area contributed by atoms with E-state index in [0.29, 0.717) is 0 Å². The number of thioether (sulfide) groups is 1. The highest BCUT2D eigenvalue weighted by atomic mass is 32.2. The SMILES string of the molecule is CCCC1=C(c2ccc(OC)c3sccc23)N2CCN=C2S1. The molecule has 0 radical (unpaired) electrons. The van der Waals surface area contributed by atoms with Crippen LogP contribution in [-0.2, 0) is 0 Å². The van der Waals surface area contributed by atoms with Gasteiger partial charge < -0.3 is 9.64 Å². The van der Waals surface area contributed by atoms with Crippen molar-refractivity contribution in [2.24, 2.45) is 4.99 Å². The van der Waals surface area contributed by atoms with Gasteiger partial charge in [-0.1, -0.05) is 25.1 Å². The summed E-state index contributed by atoms with van der Waals surface area (Å²) in [5, 5.41) is 4.62. The summed E-state index contributed by atoms with van der Waals surface area (Å²) in [4.78, 5) is 8.50. The molecule has 3 heterocycles. The van der Waals surface area contributed by atoms with E-state index in [1.807, 2.05) is 11.8 Å². The quantitative estimate of drug-likeness (QED) is 0.805. The topological polar surface area (TPSA) is 24.8 Å². The fraction of sp³-hybridized carbons (Fsp3) is 0.353. The number of fused-ring (bicyclic) bond motifs is 2. The largest absolute Gasteiger partial charge is 0.495 e. The third-order valence-corrected chi connectivity index (χ3v) is 6.19. The Hall–Kier alpha value is -1.46. The average molecular weight is 330 g/mol. The van der Waals surface area contributed by atoms with Crippen molar-refractivity contribution in [3.8, 4) is 5.75 Å². The van der Waals surface area contributed by atoms with E-state index in [0.717, 1.165) is 31.7 Å². The van der Waals surface area contributed by atoms with E-state index >= 15 is 0 Å². The molecular formula is C17H18N2OS2. The Kier molecular flexibility index (Phi) is 3.62. The molecule has 2 aliphatic heterocycles. The molecule has 0 aliphatic carbocycles. The molecule has 4 rings (SSSR count). The number of rotatable bonds is 4. The number of hydrogen-bond donors (Lipinski definition) is 0. The van der Waals surface area contributed by atoms with Crippen molar-refractivity contribution >= 4 is 44.0 Å². The van der Waals surface area contributed by atoms with Crippen LogP contribution in [0.15, 0.2) is 33.5 Å². The van der Waals surface area contributed by atoms with Gasteiger partial charge in [-0.15, -0.1) is 11.3 Å². The first-order valence-electron chi connectivity index (χ1n) is 7.61. The zero-order chi connectivity index (χ0) is 15.1. The van der Waals surface area contributed by atoms with Gasteiger partial charge in [-0.05, 0) is 30.0 Å².